The molecule has 0 aliphatic carbocycles. The zero-order valence-corrected chi connectivity index (χ0v) is 15.1. The number of carbonyl (C=O) groups is 1. The Kier molecular flexibility index (Phi) is 5.97. The van der Waals surface area contributed by atoms with Gasteiger partial charge in [-0.2, -0.15) is 0 Å². The number of unbranched alkanes of at least 4 members (excludes halogenated alkanes) is 2. The minimum atomic E-state index is -3.07. The van der Waals surface area contributed by atoms with Gasteiger partial charge in [-0.3, -0.25) is 14.4 Å². The van der Waals surface area contributed by atoms with Gasteiger partial charge in [-0.15, -0.1) is 0 Å². The van der Waals surface area contributed by atoms with Gasteiger partial charge in [0.25, 0.3) is 0 Å². The number of hydrogen-bond acceptors (Lipinski definition) is 4. The Morgan fingerprint density at radius 3 is 2.86 bits per heavy atom. The number of aromatic nitrogens is 1. The highest BCUT2D eigenvalue weighted by Gasteiger charge is 2.33. The Morgan fingerprint density at radius 1 is 1.45 bits per heavy atom. The number of sulfone groups is 1. The second-order valence-corrected chi connectivity index (χ2v) is 8.66. The Balaban J connectivity index is 2.27. The minimum absolute atomic E-state index is 0.0549. The molecule has 5 nitrogen and oxygen atoms in total. The lowest BCUT2D eigenvalue weighted by Gasteiger charge is -2.11. The van der Waals surface area contributed by atoms with E-state index in [2.05, 4.69) is 27.8 Å². The number of pyridine rings is 1. The number of nitrogens with zero attached hydrogens (tertiary/aromatic N) is 2. The summed E-state index contributed by atoms with van der Waals surface area (Å²) in [6, 6.07) is 3.60. The second-order valence-electron chi connectivity index (χ2n) is 5.58. The van der Waals surface area contributed by atoms with E-state index in [0.717, 1.165) is 23.7 Å². The zero-order chi connectivity index (χ0) is 16.2. The number of carbonyl (C=O) groups excluding carboxylic acids is 1. The summed E-state index contributed by atoms with van der Waals surface area (Å²) >= 11 is 3.43. The largest absolute Gasteiger partial charge is 0.274 e. The molecule has 7 heteroatoms. The molecule has 1 fully saturated rings. The molecule has 1 aliphatic rings. The summed E-state index contributed by atoms with van der Waals surface area (Å²) in [5.41, 5.74) is 0.577. The van der Waals surface area contributed by atoms with E-state index in [-0.39, 0.29) is 17.4 Å². The molecular weight excluding hydrogens is 368 g/mol. The molecule has 122 valence electrons. The third-order valence-electron chi connectivity index (χ3n) is 3.76. The maximum atomic E-state index is 12.6. The van der Waals surface area contributed by atoms with Crippen molar-refractivity contribution in [3.05, 3.63) is 28.3 Å². The van der Waals surface area contributed by atoms with Gasteiger partial charge in [0.2, 0.25) is 5.91 Å². The molecule has 0 amide bonds. The van der Waals surface area contributed by atoms with Crippen LogP contribution in [-0.4, -0.2) is 36.9 Å². The predicted molar refractivity (Wildman–Crippen MR) is 89.5 cm³/mol. The monoisotopic (exact) mass is 388 g/mol. The van der Waals surface area contributed by atoms with Crippen LogP contribution in [0.3, 0.4) is 0 Å². The maximum Gasteiger partial charge on any atom is 0.236 e. The molecule has 0 aromatic carbocycles. The quantitative estimate of drug-likeness (QED) is 0.727. The molecule has 0 spiro atoms. The van der Waals surface area contributed by atoms with Gasteiger partial charge in [-0.05, 0) is 40.9 Å². The molecule has 1 aromatic rings. The van der Waals surface area contributed by atoms with E-state index in [1.165, 1.54) is 4.57 Å². The molecule has 0 saturated carbocycles. The van der Waals surface area contributed by atoms with Crippen LogP contribution < -0.4 is 5.49 Å². The van der Waals surface area contributed by atoms with Crippen molar-refractivity contribution in [3.8, 4) is 0 Å². The maximum absolute atomic E-state index is 12.6. The van der Waals surface area contributed by atoms with Crippen molar-refractivity contribution < 1.29 is 13.2 Å². The standard InChI is InChI=1S/C15H21BrN2O3S/c1-2-3-4-8-17-14-13(16)6-5-9-18(14)15(19)12-7-10-22(20,21)11-12/h5-6,9,12H,2-4,7-8,10-11H2,1H3. The van der Waals surface area contributed by atoms with Crippen LogP contribution in [0.15, 0.2) is 27.8 Å². The highest BCUT2D eigenvalue weighted by Crippen LogP contribution is 2.20. The molecule has 1 aromatic heterocycles. The summed E-state index contributed by atoms with van der Waals surface area (Å²) in [5.74, 6) is -0.604. The highest BCUT2D eigenvalue weighted by atomic mass is 79.9. The number of halogens is 1. The van der Waals surface area contributed by atoms with Gasteiger partial charge < -0.3 is 0 Å². The van der Waals surface area contributed by atoms with Gasteiger partial charge in [-0.1, -0.05) is 19.8 Å². The summed E-state index contributed by atoms with van der Waals surface area (Å²) < 4.78 is 25.4. The Bertz CT molecular complexity index is 710. The van der Waals surface area contributed by atoms with Crippen molar-refractivity contribution >= 4 is 31.7 Å². The van der Waals surface area contributed by atoms with Crippen LogP contribution in [0.2, 0.25) is 0 Å². The molecular formula is C15H21BrN2O3S. The molecule has 1 saturated heterocycles. The minimum Gasteiger partial charge on any atom is -0.274 e. The van der Waals surface area contributed by atoms with Gasteiger partial charge >= 0.3 is 0 Å². The van der Waals surface area contributed by atoms with Gasteiger partial charge in [-0.25, -0.2) is 8.42 Å². The van der Waals surface area contributed by atoms with Crippen molar-refractivity contribution in [2.24, 2.45) is 10.9 Å². The topological polar surface area (TPSA) is 68.5 Å². The van der Waals surface area contributed by atoms with Gasteiger partial charge in [0, 0.05) is 12.7 Å². The average molecular weight is 389 g/mol. The van der Waals surface area contributed by atoms with E-state index in [9.17, 15) is 13.2 Å². The van der Waals surface area contributed by atoms with Crippen LogP contribution in [0.25, 0.3) is 0 Å². The van der Waals surface area contributed by atoms with E-state index in [0.29, 0.717) is 18.5 Å². The molecule has 22 heavy (non-hydrogen) atoms. The van der Waals surface area contributed by atoms with Gasteiger partial charge in [0.05, 0.1) is 21.9 Å². The third kappa shape index (κ3) is 4.29. The predicted octanol–water partition coefficient (Wildman–Crippen LogP) is 2.42. The fourth-order valence-corrected chi connectivity index (χ4v) is 4.74. The van der Waals surface area contributed by atoms with Crippen LogP contribution >= 0.6 is 15.9 Å². The first-order valence-corrected chi connectivity index (χ1v) is 10.2. The van der Waals surface area contributed by atoms with Crippen LogP contribution in [0.4, 0.5) is 0 Å². The SMILES string of the molecule is CCCCCN=c1c(Br)cccn1C(=O)C1CCS(=O)(=O)C1. The molecule has 1 aliphatic heterocycles. The Hall–Kier alpha value is -0.950. The Labute approximate surface area is 139 Å². The molecule has 1 unspecified atom stereocenters. The second kappa shape index (κ2) is 7.55. The van der Waals surface area contributed by atoms with Crippen LogP contribution in [0, 0.1) is 5.92 Å². The fourth-order valence-electron chi connectivity index (χ4n) is 2.54. The van der Waals surface area contributed by atoms with Crippen LogP contribution in [0.5, 0.6) is 0 Å². The van der Waals surface area contributed by atoms with Gasteiger partial charge in [0.1, 0.15) is 5.49 Å². The lowest BCUT2D eigenvalue weighted by Crippen LogP contribution is -2.33. The van der Waals surface area contributed by atoms with E-state index in [1.807, 2.05) is 6.07 Å². The van der Waals surface area contributed by atoms with Crippen LogP contribution in [-0.2, 0) is 9.84 Å². The van der Waals surface area contributed by atoms with Crippen LogP contribution in [0.1, 0.15) is 37.4 Å². The summed E-state index contributed by atoms with van der Waals surface area (Å²) in [5, 5.41) is 0. The summed E-state index contributed by atoms with van der Waals surface area (Å²) in [6.07, 6.45) is 5.25. The van der Waals surface area contributed by atoms with Crippen molar-refractivity contribution in [2.45, 2.75) is 32.6 Å². The number of rotatable bonds is 5. The number of hydrogen-bond donors (Lipinski definition) is 0. The van der Waals surface area contributed by atoms with E-state index in [4.69, 9.17) is 0 Å². The first-order valence-electron chi connectivity index (χ1n) is 7.57. The third-order valence-corrected chi connectivity index (χ3v) is 6.15. The Morgan fingerprint density at radius 2 is 2.23 bits per heavy atom. The molecule has 0 radical (unpaired) electrons. The molecule has 0 bridgehead atoms. The average Bonchev–Trinajstić information content (AvgIpc) is 2.84. The lowest BCUT2D eigenvalue weighted by molar-refractivity contribution is 0.0842. The van der Waals surface area contributed by atoms with E-state index < -0.39 is 15.8 Å². The lowest BCUT2D eigenvalue weighted by atomic mass is 10.1. The van der Waals surface area contributed by atoms with E-state index >= 15 is 0 Å². The summed E-state index contributed by atoms with van der Waals surface area (Å²) in [7, 11) is -3.07. The summed E-state index contributed by atoms with van der Waals surface area (Å²) in [6.45, 7) is 2.79. The molecule has 1 atom stereocenters. The zero-order valence-electron chi connectivity index (χ0n) is 12.7. The molecule has 2 rings (SSSR count). The van der Waals surface area contributed by atoms with E-state index in [1.54, 1.807) is 12.3 Å². The summed E-state index contributed by atoms with van der Waals surface area (Å²) in [4.78, 5) is 17.1. The van der Waals surface area contributed by atoms with Crippen molar-refractivity contribution in [1.29, 1.82) is 0 Å². The fraction of sp³-hybridized carbons (Fsp3) is 0.600. The van der Waals surface area contributed by atoms with Crippen molar-refractivity contribution in [1.82, 2.24) is 4.57 Å². The molecule has 2 heterocycles. The normalized spacial score (nSPS) is 21.2. The molecule has 0 N–H and O–H groups in total. The first-order chi connectivity index (χ1) is 10.4. The van der Waals surface area contributed by atoms with Crippen molar-refractivity contribution in [2.75, 3.05) is 18.1 Å². The van der Waals surface area contributed by atoms with Gasteiger partial charge in [0.15, 0.2) is 9.84 Å². The van der Waals surface area contributed by atoms with Crippen molar-refractivity contribution in [3.63, 3.8) is 0 Å². The first kappa shape index (κ1) is 17.4. The highest BCUT2D eigenvalue weighted by molar-refractivity contribution is 9.10. The smallest absolute Gasteiger partial charge is 0.236 e.